The number of carbonyl (C=O) groups is 1. The lowest BCUT2D eigenvalue weighted by Gasteiger charge is -2.31. The first-order chi connectivity index (χ1) is 13.2. The Morgan fingerprint density at radius 2 is 1.89 bits per heavy atom. The number of benzene rings is 2. The van der Waals surface area contributed by atoms with Crippen LogP contribution in [-0.2, 0) is 10.5 Å². The molecule has 2 aromatic carbocycles. The number of piperidine rings is 1. The highest BCUT2D eigenvalue weighted by molar-refractivity contribution is 7.99. The van der Waals surface area contributed by atoms with Gasteiger partial charge in [0.25, 0.3) is 0 Å². The number of fused-ring (bicyclic) bond motifs is 1. The van der Waals surface area contributed by atoms with Crippen molar-refractivity contribution in [2.45, 2.75) is 31.4 Å². The van der Waals surface area contributed by atoms with Crippen LogP contribution in [0.1, 0.15) is 34.9 Å². The van der Waals surface area contributed by atoms with Crippen molar-refractivity contribution in [1.29, 1.82) is 0 Å². The van der Waals surface area contributed by atoms with Crippen LogP contribution in [0.3, 0.4) is 0 Å². The Bertz CT molecular complexity index is 878. The van der Waals surface area contributed by atoms with Crippen molar-refractivity contribution in [2.75, 3.05) is 18.8 Å². The summed E-state index contributed by atoms with van der Waals surface area (Å²) in [7, 11) is 0. The molecule has 27 heavy (non-hydrogen) atoms. The van der Waals surface area contributed by atoms with Gasteiger partial charge in [0.05, 0.1) is 21.0 Å². The second-order valence-electron chi connectivity index (χ2n) is 7.15. The van der Waals surface area contributed by atoms with Gasteiger partial charge in [-0.2, -0.15) is 0 Å². The molecule has 0 bridgehead atoms. The highest BCUT2D eigenvalue weighted by Crippen LogP contribution is 2.33. The van der Waals surface area contributed by atoms with E-state index in [1.54, 1.807) is 11.8 Å². The Kier molecular flexibility index (Phi) is 5.79. The number of rotatable bonds is 5. The average Bonchev–Trinajstić information content (AvgIpc) is 3.14. The van der Waals surface area contributed by atoms with Crippen molar-refractivity contribution >= 4 is 39.2 Å². The van der Waals surface area contributed by atoms with E-state index in [2.05, 4.69) is 49.4 Å². The maximum absolute atomic E-state index is 12.5. The van der Waals surface area contributed by atoms with Gasteiger partial charge >= 0.3 is 0 Å². The molecular formula is C22H24N2OS2. The molecule has 0 unspecified atom stereocenters. The number of hydrogen-bond donors (Lipinski definition) is 0. The molecule has 3 nitrogen and oxygen atoms in total. The summed E-state index contributed by atoms with van der Waals surface area (Å²) in [5, 5.41) is 1.23. The summed E-state index contributed by atoms with van der Waals surface area (Å²) in [6, 6.07) is 16.9. The summed E-state index contributed by atoms with van der Waals surface area (Å²) in [5.74, 6) is 2.23. The molecule has 0 radical (unpaired) electrons. The molecule has 3 aromatic rings. The lowest BCUT2D eigenvalue weighted by Crippen LogP contribution is -2.38. The molecule has 0 spiro atoms. The molecule has 5 heteroatoms. The molecule has 1 fully saturated rings. The maximum atomic E-state index is 12.5. The van der Waals surface area contributed by atoms with Gasteiger partial charge in [0.2, 0.25) is 5.91 Å². The smallest absolute Gasteiger partial charge is 0.232 e. The van der Waals surface area contributed by atoms with Crippen LogP contribution < -0.4 is 0 Å². The highest BCUT2D eigenvalue weighted by atomic mass is 32.2. The minimum atomic E-state index is 0.273. The van der Waals surface area contributed by atoms with Gasteiger partial charge < -0.3 is 4.90 Å². The summed E-state index contributed by atoms with van der Waals surface area (Å²) >= 11 is 3.52. The zero-order valence-electron chi connectivity index (χ0n) is 15.6. The number of thiazole rings is 1. The zero-order chi connectivity index (χ0) is 18.6. The molecule has 1 aromatic heterocycles. The predicted octanol–water partition coefficient (Wildman–Crippen LogP) is 5.24. The van der Waals surface area contributed by atoms with E-state index in [0.29, 0.717) is 11.7 Å². The van der Waals surface area contributed by atoms with Crippen molar-refractivity contribution < 1.29 is 4.79 Å². The predicted molar refractivity (Wildman–Crippen MR) is 116 cm³/mol. The van der Waals surface area contributed by atoms with Crippen LogP contribution in [0.4, 0.5) is 0 Å². The molecule has 0 N–H and O–H groups in total. The SMILES string of the molecule is Cc1ccc(CSCC(=O)N2CCC(c3nc4ccccc4s3)CC2)cc1. The number of likely N-dealkylation sites (tertiary alicyclic amines) is 1. The Morgan fingerprint density at radius 3 is 2.63 bits per heavy atom. The monoisotopic (exact) mass is 396 g/mol. The Hall–Kier alpha value is -1.85. The molecule has 0 atom stereocenters. The van der Waals surface area contributed by atoms with E-state index in [4.69, 9.17) is 4.98 Å². The third-order valence-electron chi connectivity index (χ3n) is 5.12. The number of aryl methyl sites for hydroxylation is 1. The molecule has 4 rings (SSSR count). The van der Waals surface area contributed by atoms with E-state index in [1.165, 1.54) is 20.8 Å². The van der Waals surface area contributed by atoms with Crippen LogP contribution in [0.2, 0.25) is 0 Å². The van der Waals surface area contributed by atoms with Crippen LogP contribution in [-0.4, -0.2) is 34.6 Å². The number of nitrogens with zero attached hydrogens (tertiary/aromatic N) is 2. The number of aromatic nitrogens is 1. The minimum Gasteiger partial charge on any atom is -0.342 e. The fourth-order valence-corrected chi connectivity index (χ4v) is 5.50. The third kappa shape index (κ3) is 4.53. The van der Waals surface area contributed by atoms with Crippen LogP contribution in [0.25, 0.3) is 10.2 Å². The number of thioether (sulfide) groups is 1. The van der Waals surface area contributed by atoms with Gasteiger partial charge in [-0.05, 0) is 37.5 Å². The first kappa shape index (κ1) is 18.5. The van der Waals surface area contributed by atoms with E-state index in [1.807, 2.05) is 22.3 Å². The van der Waals surface area contributed by atoms with Gasteiger partial charge in [-0.3, -0.25) is 4.79 Å². The van der Waals surface area contributed by atoms with Gasteiger partial charge in [0.1, 0.15) is 0 Å². The molecule has 1 aliphatic heterocycles. The van der Waals surface area contributed by atoms with Gasteiger partial charge in [-0.1, -0.05) is 42.0 Å². The van der Waals surface area contributed by atoms with Crippen molar-refractivity contribution in [3.63, 3.8) is 0 Å². The zero-order valence-corrected chi connectivity index (χ0v) is 17.2. The number of para-hydroxylation sites is 1. The molecule has 1 aliphatic rings. The molecule has 140 valence electrons. The van der Waals surface area contributed by atoms with E-state index in [9.17, 15) is 4.79 Å². The minimum absolute atomic E-state index is 0.273. The first-order valence-corrected chi connectivity index (χ1v) is 11.4. The summed E-state index contributed by atoms with van der Waals surface area (Å²) < 4.78 is 1.26. The lowest BCUT2D eigenvalue weighted by molar-refractivity contribution is -0.129. The highest BCUT2D eigenvalue weighted by Gasteiger charge is 2.25. The van der Waals surface area contributed by atoms with Gasteiger partial charge in [-0.15, -0.1) is 23.1 Å². The largest absolute Gasteiger partial charge is 0.342 e. The van der Waals surface area contributed by atoms with E-state index in [-0.39, 0.29) is 5.91 Å². The van der Waals surface area contributed by atoms with Gasteiger partial charge in [0, 0.05) is 24.8 Å². The number of amides is 1. The second-order valence-corrected chi connectivity index (χ2v) is 9.20. The van der Waals surface area contributed by atoms with Crippen molar-refractivity contribution in [1.82, 2.24) is 9.88 Å². The average molecular weight is 397 g/mol. The van der Waals surface area contributed by atoms with Gasteiger partial charge in [-0.25, -0.2) is 4.98 Å². The third-order valence-corrected chi connectivity index (χ3v) is 7.31. The summed E-state index contributed by atoms with van der Waals surface area (Å²) in [5.41, 5.74) is 3.66. The van der Waals surface area contributed by atoms with Crippen LogP contribution in [0, 0.1) is 6.92 Å². The second kappa shape index (κ2) is 8.44. The van der Waals surface area contributed by atoms with Crippen molar-refractivity contribution in [3.05, 3.63) is 64.7 Å². The number of hydrogen-bond acceptors (Lipinski definition) is 4. The van der Waals surface area contributed by atoms with Crippen molar-refractivity contribution in [2.24, 2.45) is 0 Å². The van der Waals surface area contributed by atoms with Crippen LogP contribution >= 0.6 is 23.1 Å². The first-order valence-electron chi connectivity index (χ1n) is 9.45. The van der Waals surface area contributed by atoms with Crippen LogP contribution in [0.15, 0.2) is 48.5 Å². The normalized spacial score (nSPS) is 15.4. The van der Waals surface area contributed by atoms with Gasteiger partial charge in [0.15, 0.2) is 0 Å². The molecule has 1 saturated heterocycles. The molecule has 0 saturated carbocycles. The molecule has 0 aliphatic carbocycles. The standard InChI is InChI=1S/C22H24N2OS2/c1-16-6-8-17(9-7-16)14-26-15-21(25)24-12-10-18(11-13-24)22-23-19-4-2-3-5-20(19)27-22/h2-9,18H,10-15H2,1H3. The fraction of sp³-hybridized carbons (Fsp3) is 0.364. The van der Waals surface area contributed by atoms with Crippen LogP contribution in [0.5, 0.6) is 0 Å². The Morgan fingerprint density at radius 1 is 1.15 bits per heavy atom. The van der Waals surface area contributed by atoms with Crippen molar-refractivity contribution in [3.8, 4) is 0 Å². The fourth-order valence-electron chi connectivity index (χ4n) is 3.47. The molecular weight excluding hydrogens is 372 g/mol. The summed E-state index contributed by atoms with van der Waals surface area (Å²) in [6.45, 7) is 3.80. The maximum Gasteiger partial charge on any atom is 0.232 e. The quantitative estimate of drug-likeness (QED) is 0.591. The topological polar surface area (TPSA) is 33.2 Å². The molecule has 1 amide bonds. The Balaban J connectivity index is 1.25. The lowest BCUT2D eigenvalue weighted by atomic mass is 9.97. The summed E-state index contributed by atoms with van der Waals surface area (Å²) in [4.78, 5) is 19.4. The van der Waals surface area contributed by atoms with E-state index >= 15 is 0 Å². The Labute approximate surface area is 168 Å². The molecule has 2 heterocycles. The van der Waals surface area contributed by atoms with E-state index < -0.39 is 0 Å². The number of carbonyl (C=O) groups excluding carboxylic acids is 1. The summed E-state index contributed by atoms with van der Waals surface area (Å²) in [6.07, 6.45) is 2.04. The van der Waals surface area contributed by atoms with E-state index in [0.717, 1.165) is 37.2 Å².